The minimum absolute atomic E-state index is 0.0900. The second-order valence-electron chi connectivity index (χ2n) is 8.13. The van der Waals surface area contributed by atoms with Crippen LogP contribution < -0.4 is 5.32 Å². The Morgan fingerprint density at radius 3 is 1.59 bits per heavy atom. The van der Waals surface area contributed by atoms with Gasteiger partial charge in [-0.25, -0.2) is 0 Å². The van der Waals surface area contributed by atoms with Crippen molar-refractivity contribution in [2.24, 2.45) is 0 Å². The molecule has 0 unspecified atom stereocenters. The Bertz CT molecular complexity index is 388. The average Bonchev–Trinajstić information content (AvgIpc) is 2.69. The summed E-state index contributed by atoms with van der Waals surface area (Å²) in [6.45, 7) is 7.49. The van der Waals surface area contributed by atoms with Crippen LogP contribution in [0.25, 0.3) is 0 Å². The van der Waals surface area contributed by atoms with E-state index in [2.05, 4.69) is 12.2 Å². The highest BCUT2D eigenvalue weighted by atomic mass is 16.7. The molecule has 5 heteroatoms. The fourth-order valence-corrected chi connectivity index (χ4v) is 3.51. The van der Waals surface area contributed by atoms with Crippen LogP contribution in [0.1, 0.15) is 124 Å². The maximum atomic E-state index is 12.2. The van der Waals surface area contributed by atoms with Crippen molar-refractivity contribution in [3.8, 4) is 0 Å². The smallest absolute Gasteiger partial charge is 0.329 e. The molecule has 0 radical (unpaired) electrons. The molecule has 0 aliphatic carbocycles. The van der Waals surface area contributed by atoms with Crippen molar-refractivity contribution in [1.82, 2.24) is 10.4 Å². The van der Waals surface area contributed by atoms with Crippen molar-refractivity contribution in [1.29, 1.82) is 0 Å². The van der Waals surface area contributed by atoms with Gasteiger partial charge in [-0.05, 0) is 13.0 Å². The lowest BCUT2D eigenvalue weighted by Crippen LogP contribution is -2.38. The average molecular weight is 413 g/mol. The zero-order chi connectivity index (χ0) is 21.6. The monoisotopic (exact) mass is 412 g/mol. The summed E-state index contributed by atoms with van der Waals surface area (Å²) in [5, 5.41) is 4.36. The van der Waals surface area contributed by atoms with Crippen molar-refractivity contribution >= 4 is 11.9 Å². The van der Waals surface area contributed by atoms with E-state index in [1.165, 1.54) is 95.5 Å². The summed E-state index contributed by atoms with van der Waals surface area (Å²) < 4.78 is 0. The number of nitrogens with zero attached hydrogens (tertiary/aromatic N) is 1. The van der Waals surface area contributed by atoms with E-state index in [-0.39, 0.29) is 5.91 Å². The lowest BCUT2D eigenvalue weighted by atomic mass is 10.0. The number of likely N-dealkylation sites (N-methyl/N-ethyl adjacent to an activating group) is 1. The molecule has 0 atom stereocenters. The van der Waals surface area contributed by atoms with E-state index in [1.54, 1.807) is 0 Å². The molecule has 0 heterocycles. The largest absolute Gasteiger partial charge is 0.338 e. The zero-order valence-corrected chi connectivity index (χ0v) is 19.6. The minimum atomic E-state index is -0.439. The predicted molar refractivity (Wildman–Crippen MR) is 122 cm³/mol. The molecule has 0 aliphatic heterocycles. The summed E-state index contributed by atoms with van der Waals surface area (Å²) in [5.41, 5.74) is 0. The fourth-order valence-electron chi connectivity index (χ4n) is 3.51. The van der Waals surface area contributed by atoms with E-state index in [0.717, 1.165) is 19.4 Å². The third-order valence-corrected chi connectivity index (χ3v) is 5.25. The molecule has 0 spiro atoms. The molecular formula is C24H48N2O3. The van der Waals surface area contributed by atoms with Crippen molar-refractivity contribution in [2.45, 2.75) is 124 Å². The van der Waals surface area contributed by atoms with Crippen LogP contribution in [-0.2, 0) is 14.4 Å². The fraction of sp³-hybridized carbons (Fsp3) is 0.917. The number of carbonyl (C=O) groups is 2. The van der Waals surface area contributed by atoms with Crippen LogP contribution in [0.15, 0.2) is 0 Å². The van der Waals surface area contributed by atoms with Crippen LogP contribution >= 0.6 is 0 Å². The maximum Gasteiger partial charge on any atom is 0.329 e. The van der Waals surface area contributed by atoms with Gasteiger partial charge >= 0.3 is 5.97 Å². The van der Waals surface area contributed by atoms with Crippen LogP contribution in [0.4, 0.5) is 0 Å². The number of hydrogen-bond acceptors (Lipinski definition) is 4. The van der Waals surface area contributed by atoms with Gasteiger partial charge in [-0.3, -0.25) is 9.59 Å². The van der Waals surface area contributed by atoms with Gasteiger partial charge in [0.2, 0.25) is 0 Å². The Balaban J connectivity index is 3.51. The normalized spacial score (nSPS) is 10.9. The first kappa shape index (κ1) is 27.9. The number of hydroxylamine groups is 2. The maximum absolute atomic E-state index is 12.2. The van der Waals surface area contributed by atoms with Gasteiger partial charge in [-0.15, -0.1) is 0 Å². The van der Waals surface area contributed by atoms with Gasteiger partial charge in [0.25, 0.3) is 5.91 Å². The van der Waals surface area contributed by atoms with Crippen molar-refractivity contribution < 1.29 is 14.4 Å². The third-order valence-electron chi connectivity index (χ3n) is 5.25. The van der Waals surface area contributed by atoms with Crippen molar-refractivity contribution in [2.75, 3.05) is 19.6 Å². The highest BCUT2D eigenvalue weighted by molar-refractivity contribution is 5.77. The van der Waals surface area contributed by atoms with Gasteiger partial charge in [-0.2, -0.15) is 5.06 Å². The Hall–Kier alpha value is -1.10. The molecule has 0 bridgehead atoms. The van der Waals surface area contributed by atoms with Crippen molar-refractivity contribution in [3.63, 3.8) is 0 Å². The minimum Gasteiger partial charge on any atom is -0.338 e. The van der Waals surface area contributed by atoms with E-state index in [0.29, 0.717) is 19.5 Å². The first-order chi connectivity index (χ1) is 14.1. The van der Waals surface area contributed by atoms with Gasteiger partial charge in [-0.1, -0.05) is 104 Å². The Labute approximate surface area is 180 Å². The molecule has 0 rings (SSSR count). The summed E-state index contributed by atoms with van der Waals surface area (Å²) in [6.07, 6.45) is 20.1. The number of unbranched alkanes of at least 4 members (excludes halogenated alkanes) is 14. The lowest BCUT2D eigenvalue weighted by molar-refractivity contribution is -0.196. The van der Waals surface area contributed by atoms with Crippen LogP contribution in [0, 0.1) is 0 Å². The first-order valence-electron chi connectivity index (χ1n) is 12.3. The molecular weight excluding hydrogens is 364 g/mol. The van der Waals surface area contributed by atoms with E-state index >= 15 is 0 Å². The van der Waals surface area contributed by atoms with Gasteiger partial charge < -0.3 is 10.2 Å². The number of amides is 1. The Morgan fingerprint density at radius 1 is 0.724 bits per heavy atom. The molecule has 172 valence electrons. The molecule has 0 saturated carbocycles. The van der Waals surface area contributed by atoms with E-state index in [4.69, 9.17) is 4.84 Å². The molecule has 0 aromatic carbocycles. The standard InChI is InChI=1S/C24H48N2O3/c1-4-6-7-8-9-10-11-12-13-14-15-16-17-18-19-20-24(28)26(29-23(3)27)22-21-25-5-2/h25H,4-22H2,1-3H3. The molecule has 0 aliphatic rings. The van der Waals surface area contributed by atoms with Crippen LogP contribution in [0.3, 0.4) is 0 Å². The molecule has 0 saturated heterocycles. The topological polar surface area (TPSA) is 58.6 Å². The summed E-state index contributed by atoms with van der Waals surface area (Å²) in [4.78, 5) is 28.4. The SMILES string of the molecule is CCCCCCCCCCCCCCCCCC(=O)N(CCNCC)OC(C)=O. The van der Waals surface area contributed by atoms with E-state index in [1.807, 2.05) is 6.92 Å². The van der Waals surface area contributed by atoms with E-state index in [9.17, 15) is 9.59 Å². The van der Waals surface area contributed by atoms with Gasteiger partial charge in [0.15, 0.2) is 0 Å². The van der Waals surface area contributed by atoms with Crippen molar-refractivity contribution in [3.05, 3.63) is 0 Å². The van der Waals surface area contributed by atoms with Gasteiger partial charge in [0.1, 0.15) is 0 Å². The third kappa shape index (κ3) is 20.0. The Kier molecular flexibility index (Phi) is 20.8. The number of nitrogens with one attached hydrogen (secondary N) is 1. The molecule has 1 amide bonds. The molecule has 5 nitrogen and oxygen atoms in total. The quantitative estimate of drug-likeness (QED) is 0.192. The predicted octanol–water partition coefficient (Wildman–Crippen LogP) is 6.16. The Morgan fingerprint density at radius 2 is 1.17 bits per heavy atom. The van der Waals surface area contributed by atoms with E-state index < -0.39 is 5.97 Å². The number of rotatable bonds is 20. The number of hydrogen-bond donors (Lipinski definition) is 1. The first-order valence-corrected chi connectivity index (χ1v) is 12.3. The lowest BCUT2D eigenvalue weighted by Gasteiger charge is -2.20. The van der Waals surface area contributed by atoms with Crippen LogP contribution in [0.2, 0.25) is 0 Å². The van der Waals surface area contributed by atoms with Crippen LogP contribution in [-0.4, -0.2) is 36.6 Å². The second kappa shape index (κ2) is 21.6. The summed E-state index contributed by atoms with van der Waals surface area (Å²) in [6, 6.07) is 0. The highest BCUT2D eigenvalue weighted by Gasteiger charge is 2.15. The molecule has 29 heavy (non-hydrogen) atoms. The molecule has 1 N–H and O–H groups in total. The van der Waals surface area contributed by atoms with Gasteiger partial charge in [0, 0.05) is 19.9 Å². The second-order valence-corrected chi connectivity index (χ2v) is 8.13. The molecule has 0 aromatic rings. The van der Waals surface area contributed by atoms with Crippen LogP contribution in [0.5, 0.6) is 0 Å². The zero-order valence-electron chi connectivity index (χ0n) is 19.6. The summed E-state index contributed by atoms with van der Waals surface area (Å²) in [7, 11) is 0. The number of carbonyl (C=O) groups excluding carboxylic acids is 2. The summed E-state index contributed by atoms with van der Waals surface area (Å²) >= 11 is 0. The molecule has 0 fully saturated rings. The highest BCUT2D eigenvalue weighted by Crippen LogP contribution is 2.14. The molecule has 0 aromatic heterocycles. The van der Waals surface area contributed by atoms with Gasteiger partial charge in [0.05, 0.1) is 6.54 Å². The summed E-state index contributed by atoms with van der Waals surface area (Å²) in [5.74, 6) is -0.529.